The summed E-state index contributed by atoms with van der Waals surface area (Å²) in [6.45, 7) is 10.1. The van der Waals surface area contributed by atoms with Gasteiger partial charge >= 0.3 is 18.0 Å². The first-order valence-electron chi connectivity index (χ1n) is 30.5. The monoisotopic (exact) mass is 1260 g/mol. The van der Waals surface area contributed by atoms with Crippen LogP contribution in [0, 0.1) is 5.92 Å². The molecule has 0 fully saturated rings. The van der Waals surface area contributed by atoms with Crippen LogP contribution in [0.3, 0.4) is 0 Å². The fourth-order valence-corrected chi connectivity index (χ4v) is 9.62. The van der Waals surface area contributed by atoms with Gasteiger partial charge < -0.3 is 73.6 Å². The SMILES string of the molecule is CC(C)C[C@H](NC(=O)[C@@H](NC(=O)CCCCCNC(=O)[C@H](Cc1ccccc1)NC(=O)[C@H](CCC(=O)O)NC(=O)[C@H](Cc1ccccc1)NC[C@H](Cc1ccccc1)NC(=O)OC(C)(C)C)[C@@H](C)O)C(=O)N[C@@H](CC(N)=O)C(=O)N[C@@H](Cc1ccccc1)C(=O)O. The van der Waals surface area contributed by atoms with Gasteiger partial charge in [0.15, 0.2) is 0 Å². The number of nitrogens with one attached hydrogen (secondary N) is 9. The molecule has 25 heteroatoms. The molecule has 0 aliphatic rings. The largest absolute Gasteiger partial charge is 0.481 e. The standard InChI is InChI=1S/C66H90N10O15/c1-41(2)34-50(61(85)73-52(39-54(67)78)62(86)75-53(64(88)89)38-46-28-18-10-19-29-46)74-63(87)57(42(3)77)76-55(79)30-20-11-21-33-68-58(82)51(37-45-26-16-9-17-27-45)72-59(83)48(31-32-56(80)81)71-60(84)49(36-44-24-14-8-15-25-44)69-40-47(35-43-22-12-7-13-23-43)70-65(90)91-66(4,5)6/h7-10,12-19,22-29,41-42,47-53,57,69,77H,11,20-21,30-40H2,1-6H3,(H2,67,78)(H,68,82)(H,70,90)(H,71,84)(H,72,83)(H,73,85)(H,74,87)(H,75,86)(H,76,79)(H,80,81)(H,88,89)/t42-,47+,48+,49+,50+,51+,52+,53+,57+/m1/s1. The van der Waals surface area contributed by atoms with Gasteiger partial charge in [0.05, 0.1) is 18.6 Å². The molecular formula is C66H90N10O15. The van der Waals surface area contributed by atoms with E-state index in [1.165, 1.54) is 6.92 Å². The lowest BCUT2D eigenvalue weighted by atomic mass is 10.0. The highest BCUT2D eigenvalue weighted by Gasteiger charge is 2.35. The zero-order valence-electron chi connectivity index (χ0n) is 52.5. The second-order valence-corrected chi connectivity index (χ2v) is 23.8. The van der Waals surface area contributed by atoms with E-state index in [0.29, 0.717) is 30.4 Å². The second-order valence-electron chi connectivity index (χ2n) is 23.8. The van der Waals surface area contributed by atoms with E-state index in [1.807, 2.05) is 60.7 Å². The number of nitrogens with two attached hydrogens (primary N) is 1. The summed E-state index contributed by atoms with van der Waals surface area (Å²) in [6, 6.07) is 25.6. The lowest BCUT2D eigenvalue weighted by Crippen LogP contribution is -2.60. The molecule has 0 heterocycles. The van der Waals surface area contributed by atoms with E-state index < -0.39 is 138 Å². The van der Waals surface area contributed by atoms with Crippen molar-refractivity contribution < 1.29 is 72.8 Å². The summed E-state index contributed by atoms with van der Waals surface area (Å²) >= 11 is 0. The summed E-state index contributed by atoms with van der Waals surface area (Å²) in [7, 11) is 0. The highest BCUT2D eigenvalue weighted by Crippen LogP contribution is 2.14. The summed E-state index contributed by atoms with van der Waals surface area (Å²) in [5.74, 6) is -9.37. The van der Waals surface area contributed by atoms with E-state index in [2.05, 4.69) is 47.9 Å². The van der Waals surface area contributed by atoms with Crippen molar-refractivity contribution in [2.24, 2.45) is 11.7 Å². The topological polar surface area (TPSA) is 392 Å². The fourth-order valence-electron chi connectivity index (χ4n) is 9.62. The van der Waals surface area contributed by atoms with Crippen LogP contribution in [0.15, 0.2) is 121 Å². The third-order valence-electron chi connectivity index (χ3n) is 14.2. The fraction of sp³-hybridized carbons (Fsp3) is 0.470. The molecule has 91 heavy (non-hydrogen) atoms. The number of hydrogen-bond acceptors (Lipinski definition) is 14. The van der Waals surface area contributed by atoms with E-state index in [9.17, 15) is 68.1 Å². The van der Waals surface area contributed by atoms with Crippen LogP contribution < -0.4 is 53.6 Å². The van der Waals surface area contributed by atoms with Gasteiger partial charge in [-0.1, -0.05) is 142 Å². The summed E-state index contributed by atoms with van der Waals surface area (Å²) in [6.07, 6.45) is -2.38. The maximum atomic E-state index is 14.4. The third-order valence-corrected chi connectivity index (χ3v) is 14.2. The Morgan fingerprint density at radius 1 is 0.495 bits per heavy atom. The predicted molar refractivity (Wildman–Crippen MR) is 338 cm³/mol. The van der Waals surface area contributed by atoms with Crippen molar-refractivity contribution in [3.05, 3.63) is 144 Å². The van der Waals surface area contributed by atoms with Crippen LogP contribution in [0.5, 0.6) is 0 Å². The number of aliphatic hydroxyl groups excluding tert-OH is 1. The van der Waals surface area contributed by atoms with Crippen LogP contribution in [0.4, 0.5) is 4.79 Å². The molecule has 4 rings (SSSR count). The molecule has 0 aromatic heterocycles. The van der Waals surface area contributed by atoms with Crippen molar-refractivity contribution in [2.75, 3.05) is 13.1 Å². The number of carboxylic acid groups (broad SMARTS) is 2. The number of carboxylic acids is 2. The van der Waals surface area contributed by atoms with Gasteiger partial charge in [0.2, 0.25) is 47.3 Å². The lowest BCUT2D eigenvalue weighted by Gasteiger charge is -2.27. The van der Waals surface area contributed by atoms with Crippen LogP contribution >= 0.6 is 0 Å². The molecule has 9 amide bonds. The Kier molecular flexibility index (Phi) is 31.3. The van der Waals surface area contributed by atoms with Crippen LogP contribution in [0.25, 0.3) is 0 Å². The molecule has 25 nitrogen and oxygen atoms in total. The molecule has 494 valence electrons. The van der Waals surface area contributed by atoms with E-state index >= 15 is 0 Å². The molecule has 0 aliphatic heterocycles. The Morgan fingerprint density at radius 3 is 1.44 bits per heavy atom. The van der Waals surface area contributed by atoms with E-state index in [-0.39, 0.29) is 64.0 Å². The zero-order valence-corrected chi connectivity index (χ0v) is 52.5. The highest BCUT2D eigenvalue weighted by molar-refractivity contribution is 5.97. The normalized spacial score (nSPS) is 14.2. The minimum absolute atomic E-state index is 0.00109. The van der Waals surface area contributed by atoms with Crippen LogP contribution in [-0.4, -0.2) is 154 Å². The van der Waals surface area contributed by atoms with Gasteiger partial charge in [-0.25, -0.2) is 9.59 Å². The van der Waals surface area contributed by atoms with E-state index in [1.54, 1.807) is 95.3 Å². The number of hydrogen-bond donors (Lipinski definition) is 13. The first-order valence-corrected chi connectivity index (χ1v) is 30.5. The van der Waals surface area contributed by atoms with Crippen molar-refractivity contribution in [1.29, 1.82) is 0 Å². The number of alkyl carbamates (subject to hydrolysis) is 1. The molecule has 4 aromatic rings. The van der Waals surface area contributed by atoms with Gasteiger partial charge in [-0.2, -0.15) is 0 Å². The number of rotatable bonds is 39. The number of benzene rings is 4. The molecule has 0 saturated carbocycles. The molecular weight excluding hydrogens is 1170 g/mol. The molecule has 0 saturated heterocycles. The lowest BCUT2D eigenvalue weighted by molar-refractivity contribution is -0.142. The zero-order chi connectivity index (χ0) is 67.0. The average molecular weight is 1260 g/mol. The van der Waals surface area contributed by atoms with Gasteiger partial charge in [-0.3, -0.25) is 43.2 Å². The van der Waals surface area contributed by atoms with Crippen LogP contribution in [-0.2, 0) is 78.4 Å². The average Bonchev–Trinajstić information content (AvgIpc) is 1.62. The van der Waals surface area contributed by atoms with Crippen LogP contribution in [0.1, 0.15) is 115 Å². The first-order chi connectivity index (χ1) is 43.2. The number of ether oxygens (including phenoxy) is 1. The van der Waals surface area contributed by atoms with E-state index in [0.717, 1.165) is 11.1 Å². The van der Waals surface area contributed by atoms with E-state index in [4.69, 9.17) is 10.5 Å². The van der Waals surface area contributed by atoms with Crippen molar-refractivity contribution in [3.8, 4) is 0 Å². The van der Waals surface area contributed by atoms with Crippen LogP contribution in [0.2, 0.25) is 0 Å². The van der Waals surface area contributed by atoms with Gasteiger partial charge in [0.1, 0.15) is 41.9 Å². The van der Waals surface area contributed by atoms with Gasteiger partial charge in [0.25, 0.3) is 0 Å². The Labute approximate surface area is 530 Å². The third kappa shape index (κ3) is 29.3. The smallest absolute Gasteiger partial charge is 0.407 e. The number of carbonyl (C=O) groups excluding carboxylic acids is 9. The Morgan fingerprint density at radius 2 is 0.945 bits per heavy atom. The number of aliphatic hydroxyl groups is 1. The number of aliphatic carboxylic acids is 2. The quantitative estimate of drug-likeness (QED) is 0.0286. The number of primary amides is 1. The highest BCUT2D eigenvalue weighted by atomic mass is 16.6. The summed E-state index contributed by atoms with van der Waals surface area (Å²) in [5.41, 5.74) is 7.56. The molecule has 9 atom stereocenters. The van der Waals surface area contributed by atoms with Gasteiger partial charge in [-0.15, -0.1) is 0 Å². The maximum Gasteiger partial charge on any atom is 0.407 e. The second kappa shape index (κ2) is 38.3. The molecule has 0 unspecified atom stereocenters. The Balaban J connectivity index is 1.39. The molecule has 0 radical (unpaired) electrons. The summed E-state index contributed by atoms with van der Waals surface area (Å²) < 4.78 is 5.55. The maximum absolute atomic E-state index is 14.4. The molecule has 4 aromatic carbocycles. The summed E-state index contributed by atoms with van der Waals surface area (Å²) in [4.78, 5) is 146. The minimum atomic E-state index is -1.63. The van der Waals surface area contributed by atoms with Crippen molar-refractivity contribution in [3.63, 3.8) is 0 Å². The Hall–Kier alpha value is -9.23. The van der Waals surface area contributed by atoms with Crippen molar-refractivity contribution in [1.82, 2.24) is 47.9 Å². The number of carbonyl (C=O) groups is 11. The molecule has 0 bridgehead atoms. The van der Waals surface area contributed by atoms with Gasteiger partial charge in [-0.05, 0) is 94.4 Å². The Bertz CT molecular complexity index is 3010. The van der Waals surface area contributed by atoms with Gasteiger partial charge in [0, 0.05) is 44.8 Å². The molecule has 14 N–H and O–H groups in total. The summed E-state index contributed by atoms with van der Waals surface area (Å²) in [5, 5.41) is 54.5. The number of unbranched alkanes of at least 4 members (excludes halogenated alkanes) is 2. The van der Waals surface area contributed by atoms with Crippen molar-refractivity contribution >= 4 is 65.3 Å². The molecule has 0 aliphatic carbocycles. The first kappa shape index (κ1) is 74.2. The minimum Gasteiger partial charge on any atom is -0.481 e. The van der Waals surface area contributed by atoms with Crippen molar-refractivity contribution in [2.45, 2.75) is 179 Å². The number of amides is 9. The molecule has 0 spiro atoms. The predicted octanol–water partition coefficient (Wildman–Crippen LogP) is 2.65.